The smallest absolute Gasteiger partial charge is 0.187 e. The number of rotatable bonds is 8. The second-order valence-electron chi connectivity index (χ2n) is 5.47. The highest BCUT2D eigenvalue weighted by Crippen LogP contribution is 2.27. The molecule has 4 heteroatoms. The van der Waals surface area contributed by atoms with Crippen LogP contribution in [0, 0.1) is 6.92 Å². The van der Waals surface area contributed by atoms with Crippen molar-refractivity contribution in [2.45, 2.75) is 33.1 Å². The molecule has 1 atom stereocenters. The summed E-state index contributed by atoms with van der Waals surface area (Å²) in [6.07, 6.45) is 3.45. The third-order valence-corrected chi connectivity index (χ3v) is 4.99. The van der Waals surface area contributed by atoms with E-state index < -0.39 is 0 Å². The van der Waals surface area contributed by atoms with E-state index in [1.54, 1.807) is 6.07 Å². The minimum Gasteiger partial charge on any atom is -0.494 e. The number of carbonyl (C=O) groups excluding carboxylic acids is 1. The number of unbranched alkanes of at least 4 members (excludes halogenated alkanes) is 2. The first-order chi connectivity index (χ1) is 11.1. The van der Waals surface area contributed by atoms with Gasteiger partial charge in [-0.15, -0.1) is 0 Å². The van der Waals surface area contributed by atoms with Crippen molar-refractivity contribution in [3.8, 4) is 5.75 Å². The molecule has 2 rings (SSSR count). The Labute approximate surface area is 145 Å². The van der Waals surface area contributed by atoms with Crippen molar-refractivity contribution < 1.29 is 9.53 Å². The third-order valence-electron chi connectivity index (χ3n) is 3.58. The van der Waals surface area contributed by atoms with Gasteiger partial charge in [-0.1, -0.05) is 55.6 Å². The van der Waals surface area contributed by atoms with Gasteiger partial charge in [0.05, 0.1) is 11.6 Å². The normalized spacial score (nSPS) is 11.1. The summed E-state index contributed by atoms with van der Waals surface area (Å²) in [6.45, 7) is 4.83. The summed E-state index contributed by atoms with van der Waals surface area (Å²) in [6, 6.07) is 13.3. The zero-order valence-corrected chi connectivity index (χ0v) is 15.3. The van der Waals surface area contributed by atoms with Crippen LogP contribution in [0.15, 0.2) is 42.5 Å². The first-order valence-electron chi connectivity index (χ1n) is 7.91. The fourth-order valence-corrected chi connectivity index (χ4v) is 3.73. The van der Waals surface area contributed by atoms with Crippen LogP contribution in [-0.2, 0) is 0 Å². The Balaban J connectivity index is 1.96. The van der Waals surface area contributed by atoms with Crippen LogP contribution in [0.5, 0.6) is 5.75 Å². The number of benzene rings is 2. The van der Waals surface area contributed by atoms with E-state index in [4.69, 9.17) is 16.3 Å². The molecule has 23 heavy (non-hydrogen) atoms. The molecule has 0 aliphatic heterocycles. The number of hydrogen-bond acceptors (Lipinski definition) is 2. The molecule has 0 aliphatic rings. The van der Waals surface area contributed by atoms with Crippen LogP contribution in [0.4, 0.5) is 0 Å². The Morgan fingerprint density at radius 2 is 1.87 bits per heavy atom. The second kappa shape index (κ2) is 9.05. The summed E-state index contributed by atoms with van der Waals surface area (Å²) in [5.74, 6) is 0.857. The lowest BCUT2D eigenvalue weighted by Gasteiger charge is -2.09. The first kappa shape index (κ1) is 18.0. The van der Waals surface area contributed by atoms with Gasteiger partial charge in [-0.3, -0.25) is 4.79 Å². The van der Waals surface area contributed by atoms with Crippen LogP contribution >= 0.6 is 20.2 Å². The second-order valence-corrected chi connectivity index (χ2v) is 7.15. The zero-order chi connectivity index (χ0) is 16.7. The van der Waals surface area contributed by atoms with Gasteiger partial charge in [-0.05, 0) is 51.0 Å². The molecule has 2 aromatic carbocycles. The highest BCUT2D eigenvalue weighted by molar-refractivity contribution is 7.66. The van der Waals surface area contributed by atoms with E-state index in [-0.39, 0.29) is 14.1 Å². The lowest BCUT2D eigenvalue weighted by molar-refractivity contribution is 0.108. The van der Waals surface area contributed by atoms with E-state index in [0.29, 0.717) is 10.6 Å². The molecule has 2 nitrogen and oxygen atoms in total. The summed E-state index contributed by atoms with van der Waals surface area (Å²) < 4.78 is 5.69. The van der Waals surface area contributed by atoms with Crippen LogP contribution < -0.4 is 10.0 Å². The number of halogens is 1. The maximum Gasteiger partial charge on any atom is 0.187 e. The van der Waals surface area contributed by atoms with Crippen LogP contribution in [-0.4, -0.2) is 12.1 Å². The highest BCUT2D eigenvalue weighted by Gasteiger charge is 2.13. The van der Waals surface area contributed by atoms with Gasteiger partial charge >= 0.3 is 0 Å². The summed E-state index contributed by atoms with van der Waals surface area (Å²) >= 11 is 6.16. The highest BCUT2D eigenvalue weighted by atomic mass is 35.5. The van der Waals surface area contributed by atoms with Crippen LogP contribution in [0.1, 0.15) is 42.1 Å². The van der Waals surface area contributed by atoms with E-state index >= 15 is 0 Å². The average molecular weight is 349 g/mol. The molecule has 0 spiro atoms. The standard InChI is InChI=1S/C19H22ClO2P/c1-3-4-5-13-22-15-9-11-16(12-10-15)23-19(21)18-14(2)7-6-8-17(18)20/h6-12,23H,3-5,13H2,1-2H3. The molecule has 0 aliphatic carbocycles. The first-order valence-corrected chi connectivity index (χ1v) is 9.29. The van der Waals surface area contributed by atoms with Crippen LogP contribution in [0.2, 0.25) is 5.02 Å². The van der Waals surface area contributed by atoms with Crippen molar-refractivity contribution in [3.63, 3.8) is 0 Å². The Kier molecular flexibility index (Phi) is 7.08. The number of carbonyl (C=O) groups is 1. The van der Waals surface area contributed by atoms with Crippen molar-refractivity contribution in [3.05, 3.63) is 58.6 Å². The summed E-state index contributed by atoms with van der Waals surface area (Å²) in [5.41, 5.74) is 1.63. The van der Waals surface area contributed by atoms with Crippen molar-refractivity contribution in [1.82, 2.24) is 0 Å². The summed E-state index contributed by atoms with van der Waals surface area (Å²) in [7, 11) is 0.0683. The topological polar surface area (TPSA) is 26.3 Å². The molecule has 0 saturated heterocycles. The maximum atomic E-state index is 12.5. The molecule has 0 heterocycles. The minimum absolute atomic E-state index is 0.0683. The van der Waals surface area contributed by atoms with E-state index in [0.717, 1.165) is 29.6 Å². The largest absolute Gasteiger partial charge is 0.494 e. The Morgan fingerprint density at radius 1 is 1.13 bits per heavy atom. The predicted molar refractivity (Wildman–Crippen MR) is 99.9 cm³/mol. The molecule has 0 aromatic heterocycles. The van der Waals surface area contributed by atoms with Gasteiger partial charge in [0, 0.05) is 5.56 Å². The molecule has 1 unspecified atom stereocenters. The molecule has 2 aromatic rings. The molecule has 0 bridgehead atoms. The fraction of sp³-hybridized carbons (Fsp3) is 0.316. The van der Waals surface area contributed by atoms with Gasteiger partial charge in [0.1, 0.15) is 5.75 Å². The number of hydrogen-bond donors (Lipinski definition) is 0. The zero-order valence-electron chi connectivity index (χ0n) is 13.6. The molecule has 0 fully saturated rings. The van der Waals surface area contributed by atoms with E-state index in [2.05, 4.69) is 6.92 Å². The van der Waals surface area contributed by atoms with E-state index in [9.17, 15) is 4.79 Å². The summed E-state index contributed by atoms with van der Waals surface area (Å²) in [5, 5.41) is 1.52. The van der Waals surface area contributed by atoms with Gasteiger partial charge in [0.25, 0.3) is 0 Å². The molecule has 0 radical (unpaired) electrons. The quantitative estimate of drug-likeness (QED) is 0.474. The molecule has 0 amide bonds. The molecule has 0 N–H and O–H groups in total. The Morgan fingerprint density at radius 3 is 2.52 bits per heavy atom. The van der Waals surface area contributed by atoms with Crippen molar-refractivity contribution in [1.29, 1.82) is 0 Å². The van der Waals surface area contributed by atoms with Gasteiger partial charge in [0.15, 0.2) is 5.52 Å². The number of ether oxygens (including phenoxy) is 1. The molecular formula is C19H22ClO2P. The monoisotopic (exact) mass is 348 g/mol. The van der Waals surface area contributed by atoms with Gasteiger partial charge in [0.2, 0.25) is 0 Å². The molecule has 0 saturated carbocycles. The lowest BCUT2D eigenvalue weighted by Crippen LogP contribution is -2.04. The minimum atomic E-state index is 0.0683. The average Bonchev–Trinajstić information content (AvgIpc) is 2.53. The van der Waals surface area contributed by atoms with Gasteiger partial charge in [-0.2, -0.15) is 0 Å². The maximum absolute atomic E-state index is 12.5. The Bertz CT molecular complexity index is 633. The number of aryl methyl sites for hydroxylation is 1. The van der Waals surface area contributed by atoms with Crippen LogP contribution in [0.25, 0.3) is 0 Å². The van der Waals surface area contributed by atoms with Gasteiger partial charge in [-0.25, -0.2) is 0 Å². The van der Waals surface area contributed by atoms with Crippen molar-refractivity contribution >= 4 is 31.0 Å². The fourth-order valence-electron chi connectivity index (χ4n) is 2.29. The van der Waals surface area contributed by atoms with E-state index in [1.165, 1.54) is 12.8 Å². The van der Waals surface area contributed by atoms with Crippen molar-refractivity contribution in [2.24, 2.45) is 0 Å². The third kappa shape index (κ3) is 5.34. The predicted octanol–water partition coefficient (Wildman–Crippen LogP) is 5.36. The SMILES string of the molecule is CCCCCOc1ccc(PC(=O)c2c(C)cccc2Cl)cc1. The van der Waals surface area contributed by atoms with E-state index in [1.807, 2.05) is 43.3 Å². The van der Waals surface area contributed by atoms with Crippen molar-refractivity contribution in [2.75, 3.05) is 6.61 Å². The molecule has 122 valence electrons. The molecular weight excluding hydrogens is 327 g/mol. The van der Waals surface area contributed by atoms with Gasteiger partial charge < -0.3 is 4.74 Å². The lowest BCUT2D eigenvalue weighted by atomic mass is 10.1. The summed E-state index contributed by atoms with van der Waals surface area (Å²) in [4.78, 5) is 12.5. The van der Waals surface area contributed by atoms with Crippen LogP contribution in [0.3, 0.4) is 0 Å². The Hall–Kier alpha value is -1.37.